The van der Waals surface area contributed by atoms with Crippen molar-refractivity contribution in [1.82, 2.24) is 9.38 Å². The van der Waals surface area contributed by atoms with E-state index in [0.717, 1.165) is 18.4 Å². The molecule has 0 fully saturated rings. The predicted octanol–water partition coefficient (Wildman–Crippen LogP) is 4.67. The molecule has 0 saturated carbocycles. The zero-order valence-corrected chi connectivity index (χ0v) is 15.9. The van der Waals surface area contributed by atoms with E-state index in [1.54, 1.807) is 29.7 Å². The summed E-state index contributed by atoms with van der Waals surface area (Å²) >= 11 is 6.39. The minimum atomic E-state index is -0.541. The number of hydrogen-bond acceptors (Lipinski definition) is 3. The highest BCUT2D eigenvalue weighted by Crippen LogP contribution is 2.34. The van der Waals surface area contributed by atoms with Crippen molar-refractivity contribution in [2.45, 2.75) is 32.6 Å². The van der Waals surface area contributed by atoms with Crippen LogP contribution in [-0.4, -0.2) is 22.4 Å². The monoisotopic (exact) mass is 371 g/mol. The molecule has 26 heavy (non-hydrogen) atoms. The normalized spacial score (nSPS) is 11.3. The first kappa shape index (κ1) is 18.3. The topological polar surface area (TPSA) is 69.6 Å². The number of aromatic nitrogens is 2. The largest absolute Gasteiger partial charge is 0.497 e. The second-order valence-electron chi connectivity index (χ2n) is 6.22. The van der Waals surface area contributed by atoms with E-state index in [0.29, 0.717) is 39.3 Å². The fourth-order valence-electron chi connectivity index (χ4n) is 3.30. The molecule has 2 aromatic heterocycles. The highest BCUT2D eigenvalue weighted by molar-refractivity contribution is 6.33. The summed E-state index contributed by atoms with van der Waals surface area (Å²) in [5, 5.41) is 0.454. The molecule has 0 aliphatic carbocycles. The van der Waals surface area contributed by atoms with E-state index in [4.69, 9.17) is 22.1 Å². The Balaban J connectivity index is 2.23. The van der Waals surface area contributed by atoms with Gasteiger partial charge < -0.3 is 10.5 Å². The smallest absolute Gasteiger partial charge is 0.268 e. The molecular formula is C20H22ClN3O2. The molecule has 136 valence electrons. The number of rotatable bonds is 6. The number of primary amides is 1. The summed E-state index contributed by atoms with van der Waals surface area (Å²) in [5.74, 6) is 0.524. The van der Waals surface area contributed by atoms with Crippen LogP contribution in [-0.2, 0) is 0 Å². The second kappa shape index (κ2) is 7.38. The maximum Gasteiger partial charge on any atom is 0.268 e. The molecule has 2 N–H and O–H groups in total. The molecule has 1 amide bonds. The van der Waals surface area contributed by atoms with Crippen molar-refractivity contribution in [2.24, 2.45) is 5.73 Å². The highest BCUT2D eigenvalue weighted by atomic mass is 35.5. The third-order valence-electron chi connectivity index (χ3n) is 4.76. The Morgan fingerprint density at radius 3 is 2.58 bits per heavy atom. The van der Waals surface area contributed by atoms with Gasteiger partial charge in [0, 0.05) is 11.8 Å². The van der Waals surface area contributed by atoms with Crippen molar-refractivity contribution < 1.29 is 9.53 Å². The van der Waals surface area contributed by atoms with Crippen LogP contribution < -0.4 is 10.5 Å². The number of methoxy groups -OCH3 is 1. The standard InChI is InChI=1S/C20H22ClN3O2/c1-4-12(5-2)13-6-9-17-23-18(19(20(22)25)24(17)11-13)15-8-7-14(26-3)10-16(15)21/h6-12H,4-5H2,1-3H3,(H2,22,25). The van der Waals surface area contributed by atoms with Crippen LogP contribution in [0.3, 0.4) is 0 Å². The first-order valence-electron chi connectivity index (χ1n) is 8.65. The first-order chi connectivity index (χ1) is 12.5. The van der Waals surface area contributed by atoms with Gasteiger partial charge in [-0.1, -0.05) is 31.5 Å². The number of ether oxygens (including phenoxy) is 1. The van der Waals surface area contributed by atoms with Crippen LogP contribution in [0.2, 0.25) is 5.02 Å². The van der Waals surface area contributed by atoms with E-state index in [9.17, 15) is 4.79 Å². The fraction of sp³-hybridized carbons (Fsp3) is 0.300. The van der Waals surface area contributed by atoms with Crippen molar-refractivity contribution in [2.75, 3.05) is 7.11 Å². The lowest BCUT2D eigenvalue weighted by Gasteiger charge is -2.13. The maximum absolute atomic E-state index is 12.2. The Labute approximate surface area is 157 Å². The minimum Gasteiger partial charge on any atom is -0.497 e. The second-order valence-corrected chi connectivity index (χ2v) is 6.63. The molecule has 0 atom stereocenters. The van der Waals surface area contributed by atoms with Gasteiger partial charge in [-0.05, 0) is 48.6 Å². The molecule has 0 aliphatic heterocycles. The van der Waals surface area contributed by atoms with Crippen LogP contribution in [0.5, 0.6) is 5.75 Å². The van der Waals surface area contributed by atoms with Gasteiger partial charge in [0.05, 0.1) is 12.1 Å². The zero-order chi connectivity index (χ0) is 18.8. The fourth-order valence-corrected chi connectivity index (χ4v) is 3.56. The molecule has 0 bridgehead atoms. The van der Waals surface area contributed by atoms with Gasteiger partial charge in [-0.2, -0.15) is 0 Å². The number of nitrogens with zero attached hydrogens (tertiary/aromatic N) is 2. The van der Waals surface area contributed by atoms with Crippen LogP contribution >= 0.6 is 11.6 Å². The molecule has 0 spiro atoms. The SMILES string of the molecule is CCC(CC)c1ccc2nc(-c3ccc(OC)cc3Cl)c(C(N)=O)n2c1. The number of benzene rings is 1. The summed E-state index contributed by atoms with van der Waals surface area (Å²) in [5.41, 5.74) is 8.98. The van der Waals surface area contributed by atoms with Crippen LogP contribution in [0.25, 0.3) is 16.9 Å². The van der Waals surface area contributed by atoms with Crippen molar-refractivity contribution in [1.29, 1.82) is 0 Å². The number of fused-ring (bicyclic) bond motifs is 1. The molecule has 2 heterocycles. The number of imidazole rings is 1. The maximum atomic E-state index is 12.2. The molecule has 5 nitrogen and oxygen atoms in total. The molecular weight excluding hydrogens is 350 g/mol. The van der Waals surface area contributed by atoms with Crippen LogP contribution in [0, 0.1) is 0 Å². The lowest BCUT2D eigenvalue weighted by molar-refractivity contribution is 0.0995. The number of carbonyl (C=O) groups is 1. The minimum absolute atomic E-state index is 0.333. The van der Waals surface area contributed by atoms with E-state index in [2.05, 4.69) is 24.9 Å². The molecule has 1 aromatic carbocycles. The average Bonchev–Trinajstić information content (AvgIpc) is 3.01. The molecule has 0 aliphatic rings. The highest BCUT2D eigenvalue weighted by Gasteiger charge is 2.21. The van der Waals surface area contributed by atoms with Crippen LogP contribution in [0.1, 0.15) is 48.7 Å². The van der Waals surface area contributed by atoms with Gasteiger partial charge in [0.15, 0.2) is 0 Å². The summed E-state index contributed by atoms with van der Waals surface area (Å²) in [7, 11) is 1.57. The average molecular weight is 372 g/mol. The number of hydrogen-bond donors (Lipinski definition) is 1. The van der Waals surface area contributed by atoms with Crippen LogP contribution in [0.4, 0.5) is 0 Å². The van der Waals surface area contributed by atoms with Gasteiger partial charge in [-0.25, -0.2) is 4.98 Å². The predicted molar refractivity (Wildman–Crippen MR) is 104 cm³/mol. The third kappa shape index (κ3) is 3.15. The summed E-state index contributed by atoms with van der Waals surface area (Å²) in [6.07, 6.45) is 4.01. The summed E-state index contributed by atoms with van der Waals surface area (Å²) in [4.78, 5) is 16.8. The van der Waals surface area contributed by atoms with Crippen molar-refractivity contribution >= 4 is 23.2 Å². The molecule has 0 radical (unpaired) electrons. The summed E-state index contributed by atoms with van der Waals surface area (Å²) < 4.78 is 6.96. The Bertz CT molecular complexity index is 961. The van der Waals surface area contributed by atoms with Gasteiger partial charge >= 0.3 is 0 Å². The van der Waals surface area contributed by atoms with E-state index in [1.165, 1.54) is 0 Å². The molecule has 0 saturated heterocycles. The van der Waals surface area contributed by atoms with E-state index in [-0.39, 0.29) is 0 Å². The van der Waals surface area contributed by atoms with Gasteiger partial charge in [0.1, 0.15) is 22.8 Å². The lowest BCUT2D eigenvalue weighted by Crippen LogP contribution is -2.15. The third-order valence-corrected chi connectivity index (χ3v) is 5.08. The van der Waals surface area contributed by atoms with Crippen molar-refractivity contribution in [3.05, 3.63) is 52.8 Å². The molecule has 0 unspecified atom stereocenters. The van der Waals surface area contributed by atoms with Gasteiger partial charge in [-0.3, -0.25) is 9.20 Å². The summed E-state index contributed by atoms with van der Waals surface area (Å²) in [6.45, 7) is 4.31. The van der Waals surface area contributed by atoms with Crippen molar-refractivity contribution in [3.63, 3.8) is 0 Å². The number of nitrogens with two attached hydrogens (primary N) is 1. The van der Waals surface area contributed by atoms with Gasteiger partial charge in [0.25, 0.3) is 5.91 Å². The van der Waals surface area contributed by atoms with E-state index < -0.39 is 5.91 Å². The Hall–Kier alpha value is -2.53. The first-order valence-corrected chi connectivity index (χ1v) is 9.03. The van der Waals surface area contributed by atoms with Gasteiger partial charge in [-0.15, -0.1) is 0 Å². The Morgan fingerprint density at radius 1 is 1.27 bits per heavy atom. The van der Waals surface area contributed by atoms with E-state index in [1.807, 2.05) is 12.3 Å². The van der Waals surface area contributed by atoms with Crippen LogP contribution in [0.15, 0.2) is 36.5 Å². The summed E-state index contributed by atoms with van der Waals surface area (Å²) in [6, 6.07) is 9.25. The van der Waals surface area contributed by atoms with Crippen molar-refractivity contribution in [3.8, 4) is 17.0 Å². The molecule has 3 rings (SSSR count). The number of carbonyl (C=O) groups excluding carboxylic acids is 1. The van der Waals surface area contributed by atoms with E-state index >= 15 is 0 Å². The number of amides is 1. The zero-order valence-electron chi connectivity index (χ0n) is 15.1. The number of halogens is 1. The molecule has 6 heteroatoms. The quantitative estimate of drug-likeness (QED) is 0.684. The lowest BCUT2D eigenvalue weighted by atomic mass is 9.95. The Morgan fingerprint density at radius 2 is 2.00 bits per heavy atom. The Kier molecular flexibility index (Phi) is 5.18. The molecule has 3 aromatic rings. The number of pyridine rings is 1. The van der Waals surface area contributed by atoms with Gasteiger partial charge in [0.2, 0.25) is 0 Å².